The highest BCUT2D eigenvalue weighted by Gasteiger charge is 2.12. The second kappa shape index (κ2) is 5.89. The van der Waals surface area contributed by atoms with Crippen molar-refractivity contribution >= 4 is 17.4 Å². The Bertz CT molecular complexity index is 587. The molecule has 1 aromatic carbocycles. The van der Waals surface area contributed by atoms with Gasteiger partial charge in [0, 0.05) is 5.02 Å². The number of aromatic nitrogens is 2. The minimum atomic E-state index is 0.464. The molecule has 0 saturated carbocycles. The van der Waals surface area contributed by atoms with E-state index >= 15 is 0 Å². The molecule has 0 spiro atoms. The smallest absolute Gasteiger partial charge is 0.227 e. The van der Waals surface area contributed by atoms with Crippen LogP contribution in [0.1, 0.15) is 24.5 Å². The molecular formula is C14H16ClN3O. The zero-order chi connectivity index (χ0) is 13.8. The van der Waals surface area contributed by atoms with Gasteiger partial charge >= 0.3 is 0 Å². The normalized spacial score (nSPS) is 10.5. The zero-order valence-electron chi connectivity index (χ0n) is 11.0. The lowest BCUT2D eigenvalue weighted by Crippen LogP contribution is -2.03. The topological polar surface area (TPSA) is 61.0 Å². The summed E-state index contributed by atoms with van der Waals surface area (Å²) in [4.78, 5) is 8.17. The maximum Gasteiger partial charge on any atom is 0.227 e. The molecule has 0 aliphatic heterocycles. The Morgan fingerprint density at radius 3 is 2.84 bits per heavy atom. The van der Waals surface area contributed by atoms with Crippen molar-refractivity contribution in [2.75, 3.05) is 5.73 Å². The van der Waals surface area contributed by atoms with E-state index in [9.17, 15) is 0 Å². The Hall–Kier alpha value is -1.81. The van der Waals surface area contributed by atoms with Crippen molar-refractivity contribution < 1.29 is 4.74 Å². The molecule has 0 aliphatic carbocycles. The molecule has 1 heterocycles. The van der Waals surface area contributed by atoms with Crippen molar-refractivity contribution in [3.63, 3.8) is 0 Å². The van der Waals surface area contributed by atoms with Gasteiger partial charge < -0.3 is 10.5 Å². The second-order valence-corrected chi connectivity index (χ2v) is 4.74. The Kier molecular flexibility index (Phi) is 4.22. The van der Waals surface area contributed by atoms with Crippen molar-refractivity contribution in [1.29, 1.82) is 0 Å². The maximum atomic E-state index is 5.98. The van der Waals surface area contributed by atoms with Crippen LogP contribution in [0.4, 0.5) is 5.82 Å². The number of rotatable bonds is 4. The second-order valence-electron chi connectivity index (χ2n) is 4.30. The summed E-state index contributed by atoms with van der Waals surface area (Å²) in [5, 5.41) is 0.625. The van der Waals surface area contributed by atoms with Gasteiger partial charge in [-0.2, -0.15) is 0 Å². The minimum Gasteiger partial charge on any atom is -0.438 e. The Balaban J connectivity index is 2.37. The predicted molar refractivity (Wildman–Crippen MR) is 76.7 cm³/mol. The third-order valence-corrected chi connectivity index (χ3v) is 3.03. The van der Waals surface area contributed by atoms with Gasteiger partial charge in [-0.1, -0.05) is 31.0 Å². The van der Waals surface area contributed by atoms with E-state index in [0.717, 1.165) is 24.0 Å². The lowest BCUT2D eigenvalue weighted by atomic mass is 10.1. The number of ether oxygens (including phenoxy) is 1. The third kappa shape index (κ3) is 3.15. The van der Waals surface area contributed by atoms with Gasteiger partial charge in [-0.3, -0.25) is 0 Å². The van der Waals surface area contributed by atoms with E-state index in [2.05, 4.69) is 16.9 Å². The molecular weight excluding hydrogens is 262 g/mol. The Morgan fingerprint density at radius 2 is 2.11 bits per heavy atom. The average Bonchev–Trinajstić information content (AvgIpc) is 2.38. The van der Waals surface area contributed by atoms with Crippen LogP contribution in [0.5, 0.6) is 11.6 Å². The molecule has 0 radical (unpaired) electrons. The molecule has 19 heavy (non-hydrogen) atoms. The molecule has 0 unspecified atom stereocenters. The highest BCUT2D eigenvalue weighted by molar-refractivity contribution is 6.30. The molecule has 100 valence electrons. The molecule has 4 nitrogen and oxygen atoms in total. The van der Waals surface area contributed by atoms with E-state index in [4.69, 9.17) is 22.1 Å². The number of aryl methyl sites for hydroxylation is 1. The molecule has 0 amide bonds. The standard InChI is InChI=1S/C14H16ClN3O/c1-3-4-11-13(16)17-8-18-14(11)19-12-7-10(15)6-5-9(12)2/h5-8H,3-4H2,1-2H3,(H2,16,17,18). The predicted octanol–water partition coefficient (Wildman–Crippen LogP) is 3.77. The van der Waals surface area contributed by atoms with Crippen LogP contribution in [0.25, 0.3) is 0 Å². The molecule has 2 N–H and O–H groups in total. The van der Waals surface area contributed by atoms with E-state index < -0.39 is 0 Å². The fourth-order valence-electron chi connectivity index (χ4n) is 1.77. The summed E-state index contributed by atoms with van der Waals surface area (Å²) >= 11 is 5.98. The van der Waals surface area contributed by atoms with Crippen LogP contribution in [0, 0.1) is 6.92 Å². The quantitative estimate of drug-likeness (QED) is 0.924. The molecule has 0 bridgehead atoms. The van der Waals surface area contributed by atoms with Crippen LogP contribution >= 0.6 is 11.6 Å². The van der Waals surface area contributed by atoms with Gasteiger partial charge in [-0.05, 0) is 31.0 Å². The number of hydrogen-bond acceptors (Lipinski definition) is 4. The van der Waals surface area contributed by atoms with E-state index in [1.807, 2.05) is 19.1 Å². The molecule has 2 aromatic rings. The largest absolute Gasteiger partial charge is 0.438 e. The van der Waals surface area contributed by atoms with Crippen LogP contribution in [-0.2, 0) is 6.42 Å². The number of nitrogens with zero attached hydrogens (tertiary/aromatic N) is 2. The molecule has 2 rings (SSSR count). The van der Waals surface area contributed by atoms with E-state index in [1.165, 1.54) is 6.33 Å². The Labute approximate surface area is 117 Å². The van der Waals surface area contributed by atoms with E-state index in [-0.39, 0.29) is 0 Å². The van der Waals surface area contributed by atoms with Crippen molar-refractivity contribution in [2.45, 2.75) is 26.7 Å². The molecule has 1 aromatic heterocycles. The van der Waals surface area contributed by atoms with Gasteiger partial charge in [0.05, 0.1) is 5.56 Å². The van der Waals surface area contributed by atoms with Crippen molar-refractivity contribution in [2.24, 2.45) is 0 Å². The Morgan fingerprint density at radius 1 is 1.32 bits per heavy atom. The molecule has 0 atom stereocenters. The number of halogens is 1. The first kappa shape index (κ1) is 13.6. The summed E-state index contributed by atoms with van der Waals surface area (Å²) in [6.45, 7) is 4.02. The van der Waals surface area contributed by atoms with E-state index in [0.29, 0.717) is 22.5 Å². The van der Waals surface area contributed by atoms with Gasteiger partial charge in [0.15, 0.2) is 0 Å². The first-order valence-electron chi connectivity index (χ1n) is 6.15. The number of nitrogens with two attached hydrogens (primary N) is 1. The van der Waals surface area contributed by atoms with Gasteiger partial charge in [0.2, 0.25) is 5.88 Å². The summed E-state index contributed by atoms with van der Waals surface area (Å²) < 4.78 is 5.84. The first-order valence-corrected chi connectivity index (χ1v) is 6.53. The van der Waals surface area contributed by atoms with Crippen molar-refractivity contribution in [1.82, 2.24) is 9.97 Å². The number of hydrogen-bond donors (Lipinski definition) is 1. The first-order chi connectivity index (χ1) is 9.11. The highest BCUT2D eigenvalue weighted by atomic mass is 35.5. The van der Waals surface area contributed by atoms with Crippen LogP contribution in [0.15, 0.2) is 24.5 Å². The van der Waals surface area contributed by atoms with Gasteiger partial charge in [-0.15, -0.1) is 0 Å². The maximum absolute atomic E-state index is 5.98. The SMILES string of the molecule is CCCc1c(N)ncnc1Oc1cc(Cl)ccc1C. The number of nitrogen functional groups attached to an aromatic ring is 1. The van der Waals surface area contributed by atoms with Crippen LogP contribution < -0.4 is 10.5 Å². The zero-order valence-corrected chi connectivity index (χ0v) is 11.7. The summed E-state index contributed by atoms with van der Waals surface area (Å²) in [6.07, 6.45) is 3.13. The monoisotopic (exact) mass is 277 g/mol. The summed E-state index contributed by atoms with van der Waals surface area (Å²) in [6, 6.07) is 5.50. The van der Waals surface area contributed by atoms with Gasteiger partial charge in [-0.25, -0.2) is 9.97 Å². The summed E-state index contributed by atoms with van der Waals surface area (Å²) in [5.41, 5.74) is 7.70. The molecule has 5 heteroatoms. The minimum absolute atomic E-state index is 0.464. The number of anilines is 1. The van der Waals surface area contributed by atoms with Gasteiger partial charge in [0.1, 0.15) is 17.9 Å². The highest BCUT2D eigenvalue weighted by Crippen LogP contribution is 2.30. The van der Waals surface area contributed by atoms with Crippen LogP contribution in [-0.4, -0.2) is 9.97 Å². The fraction of sp³-hybridized carbons (Fsp3) is 0.286. The molecule has 0 saturated heterocycles. The summed E-state index contributed by atoms with van der Waals surface area (Å²) in [7, 11) is 0. The van der Waals surface area contributed by atoms with Crippen molar-refractivity contribution in [3.8, 4) is 11.6 Å². The lowest BCUT2D eigenvalue weighted by Gasteiger charge is -2.12. The molecule has 0 fully saturated rings. The lowest BCUT2D eigenvalue weighted by molar-refractivity contribution is 0.451. The van der Waals surface area contributed by atoms with Gasteiger partial charge in [0.25, 0.3) is 0 Å². The van der Waals surface area contributed by atoms with Crippen LogP contribution in [0.2, 0.25) is 5.02 Å². The van der Waals surface area contributed by atoms with Crippen molar-refractivity contribution in [3.05, 3.63) is 40.7 Å². The van der Waals surface area contributed by atoms with Crippen LogP contribution in [0.3, 0.4) is 0 Å². The summed E-state index contributed by atoms with van der Waals surface area (Å²) in [5.74, 6) is 1.65. The number of benzene rings is 1. The fourth-order valence-corrected chi connectivity index (χ4v) is 1.93. The molecule has 0 aliphatic rings. The van der Waals surface area contributed by atoms with E-state index in [1.54, 1.807) is 6.07 Å². The third-order valence-electron chi connectivity index (χ3n) is 2.80. The average molecular weight is 278 g/mol.